The van der Waals surface area contributed by atoms with Crippen LogP contribution in [0, 0.1) is 29.6 Å². The van der Waals surface area contributed by atoms with Gasteiger partial charge in [-0.3, -0.25) is 0 Å². The molecule has 0 aromatic heterocycles. The number of fused-ring (bicyclic) bond motifs is 1. The highest BCUT2D eigenvalue weighted by Crippen LogP contribution is 2.48. The summed E-state index contributed by atoms with van der Waals surface area (Å²) in [6.45, 7) is 2.47. The van der Waals surface area contributed by atoms with Gasteiger partial charge in [-0.25, -0.2) is 0 Å². The summed E-state index contributed by atoms with van der Waals surface area (Å²) in [6, 6.07) is 0. The highest BCUT2D eigenvalue weighted by atomic mass is 16.5. The molecule has 0 aliphatic heterocycles. The van der Waals surface area contributed by atoms with E-state index in [4.69, 9.17) is 4.74 Å². The molecule has 4 unspecified atom stereocenters. The van der Waals surface area contributed by atoms with Crippen molar-refractivity contribution in [2.75, 3.05) is 7.11 Å². The van der Waals surface area contributed by atoms with Crippen molar-refractivity contribution in [1.29, 1.82) is 0 Å². The highest BCUT2D eigenvalue weighted by molar-refractivity contribution is 4.88. The van der Waals surface area contributed by atoms with Crippen molar-refractivity contribution in [1.82, 2.24) is 0 Å². The number of ether oxygens (including phenoxy) is 1. The van der Waals surface area contributed by atoms with Crippen molar-refractivity contribution in [2.24, 2.45) is 29.6 Å². The van der Waals surface area contributed by atoms with Crippen LogP contribution in [0.3, 0.4) is 0 Å². The molecule has 0 radical (unpaired) electrons. The highest BCUT2D eigenvalue weighted by Gasteiger charge is 2.37. The zero-order valence-electron chi connectivity index (χ0n) is 12.9. The molecule has 3 fully saturated rings. The molecule has 0 heterocycles. The molecule has 0 amide bonds. The van der Waals surface area contributed by atoms with Crippen molar-refractivity contribution in [2.45, 2.75) is 77.2 Å². The maximum absolute atomic E-state index is 5.52. The lowest BCUT2D eigenvalue weighted by Gasteiger charge is -2.44. The molecule has 3 aliphatic rings. The first-order valence-corrected chi connectivity index (χ1v) is 8.79. The Morgan fingerprint density at radius 3 is 1.84 bits per heavy atom. The summed E-state index contributed by atoms with van der Waals surface area (Å²) in [6.07, 6.45) is 15.3. The summed E-state index contributed by atoms with van der Waals surface area (Å²) < 4.78 is 5.52. The van der Waals surface area contributed by atoms with Gasteiger partial charge in [-0.15, -0.1) is 0 Å². The van der Waals surface area contributed by atoms with E-state index in [1.807, 2.05) is 7.11 Å². The number of rotatable bonds is 2. The fourth-order valence-electron chi connectivity index (χ4n) is 5.38. The second-order valence-electron chi connectivity index (χ2n) is 7.78. The van der Waals surface area contributed by atoms with E-state index in [2.05, 4.69) is 6.92 Å². The van der Waals surface area contributed by atoms with E-state index in [0.717, 1.165) is 29.6 Å². The summed E-state index contributed by atoms with van der Waals surface area (Å²) in [7, 11) is 1.89. The zero-order chi connectivity index (χ0) is 13.2. The number of hydrogen-bond donors (Lipinski definition) is 0. The lowest BCUT2D eigenvalue weighted by atomic mass is 9.61. The third-order valence-corrected chi connectivity index (χ3v) is 6.63. The van der Waals surface area contributed by atoms with Crippen molar-refractivity contribution in [3.63, 3.8) is 0 Å². The lowest BCUT2D eigenvalue weighted by Crippen LogP contribution is -2.34. The maximum atomic E-state index is 5.52. The van der Waals surface area contributed by atoms with Crippen LogP contribution < -0.4 is 0 Å². The van der Waals surface area contributed by atoms with Gasteiger partial charge in [0.05, 0.1) is 6.10 Å². The van der Waals surface area contributed by atoms with Gasteiger partial charge in [0.2, 0.25) is 0 Å². The second kappa shape index (κ2) is 6.16. The van der Waals surface area contributed by atoms with Gasteiger partial charge in [-0.05, 0) is 87.4 Å². The molecule has 3 saturated carbocycles. The Kier molecular flexibility index (Phi) is 4.51. The third-order valence-electron chi connectivity index (χ3n) is 6.63. The summed E-state index contributed by atoms with van der Waals surface area (Å²) in [4.78, 5) is 0. The first-order valence-electron chi connectivity index (χ1n) is 8.79. The van der Waals surface area contributed by atoms with Gasteiger partial charge in [0.1, 0.15) is 0 Å². The van der Waals surface area contributed by atoms with Crippen LogP contribution in [0.15, 0.2) is 0 Å². The first kappa shape index (κ1) is 13.9. The molecule has 4 atom stereocenters. The van der Waals surface area contributed by atoms with E-state index in [9.17, 15) is 0 Å². The van der Waals surface area contributed by atoms with Gasteiger partial charge in [0, 0.05) is 7.11 Å². The van der Waals surface area contributed by atoms with Crippen molar-refractivity contribution in [3.8, 4) is 0 Å². The minimum Gasteiger partial charge on any atom is -0.381 e. The maximum Gasteiger partial charge on any atom is 0.0571 e. The summed E-state index contributed by atoms with van der Waals surface area (Å²) >= 11 is 0. The van der Waals surface area contributed by atoms with Crippen molar-refractivity contribution < 1.29 is 4.74 Å². The minimum absolute atomic E-state index is 0.572. The Hall–Kier alpha value is -0.0400. The molecule has 19 heavy (non-hydrogen) atoms. The monoisotopic (exact) mass is 264 g/mol. The van der Waals surface area contributed by atoms with Crippen LogP contribution in [0.25, 0.3) is 0 Å². The third kappa shape index (κ3) is 3.17. The average Bonchev–Trinajstić information content (AvgIpc) is 2.47. The van der Waals surface area contributed by atoms with Crippen LogP contribution in [0.1, 0.15) is 71.1 Å². The number of hydrogen-bond acceptors (Lipinski definition) is 1. The fourth-order valence-corrected chi connectivity index (χ4v) is 5.38. The topological polar surface area (TPSA) is 9.23 Å². The zero-order valence-corrected chi connectivity index (χ0v) is 12.9. The molecule has 3 aliphatic carbocycles. The molecule has 0 aromatic carbocycles. The van der Waals surface area contributed by atoms with E-state index in [-0.39, 0.29) is 0 Å². The van der Waals surface area contributed by atoms with E-state index in [0.29, 0.717) is 6.10 Å². The van der Waals surface area contributed by atoms with Crippen LogP contribution in [0.2, 0.25) is 0 Å². The van der Waals surface area contributed by atoms with Crippen LogP contribution in [-0.2, 0) is 4.74 Å². The predicted molar refractivity (Wildman–Crippen MR) is 80.1 cm³/mol. The minimum atomic E-state index is 0.572. The van der Waals surface area contributed by atoms with Gasteiger partial charge in [0.25, 0.3) is 0 Å². The van der Waals surface area contributed by atoms with Gasteiger partial charge < -0.3 is 4.74 Å². The fraction of sp³-hybridized carbons (Fsp3) is 1.00. The average molecular weight is 264 g/mol. The summed E-state index contributed by atoms with van der Waals surface area (Å²) in [5.74, 6) is 5.29. The summed E-state index contributed by atoms with van der Waals surface area (Å²) in [5.41, 5.74) is 0. The molecule has 0 aromatic rings. The van der Waals surface area contributed by atoms with E-state index >= 15 is 0 Å². The van der Waals surface area contributed by atoms with Crippen LogP contribution >= 0.6 is 0 Å². The molecule has 1 nitrogen and oxygen atoms in total. The van der Waals surface area contributed by atoms with Crippen LogP contribution in [0.4, 0.5) is 0 Å². The standard InChI is InChI=1S/C18H32O/c1-13-3-4-17-12-16(6-5-15(17)11-13)14-7-9-18(19-2)10-8-14/h13-18H,3-12H2,1-2H3. The Labute approximate surface area is 119 Å². The molecule has 110 valence electrons. The van der Waals surface area contributed by atoms with E-state index in [1.54, 1.807) is 12.8 Å². The Balaban J connectivity index is 1.51. The molecular formula is C18H32O. The molecular weight excluding hydrogens is 232 g/mol. The molecule has 0 bridgehead atoms. The number of methoxy groups -OCH3 is 1. The predicted octanol–water partition coefficient (Wildman–Crippen LogP) is 5.04. The van der Waals surface area contributed by atoms with Crippen molar-refractivity contribution >= 4 is 0 Å². The van der Waals surface area contributed by atoms with Gasteiger partial charge >= 0.3 is 0 Å². The van der Waals surface area contributed by atoms with Gasteiger partial charge in [-0.1, -0.05) is 13.3 Å². The van der Waals surface area contributed by atoms with Gasteiger partial charge in [-0.2, -0.15) is 0 Å². The molecule has 0 spiro atoms. The smallest absolute Gasteiger partial charge is 0.0571 e. The van der Waals surface area contributed by atoms with Crippen LogP contribution in [0.5, 0.6) is 0 Å². The first-order chi connectivity index (χ1) is 9.26. The van der Waals surface area contributed by atoms with Crippen LogP contribution in [-0.4, -0.2) is 13.2 Å². The quantitative estimate of drug-likeness (QED) is 0.678. The molecule has 0 N–H and O–H groups in total. The lowest BCUT2D eigenvalue weighted by molar-refractivity contribution is 0.0234. The largest absolute Gasteiger partial charge is 0.381 e. The normalized spacial score (nSPS) is 47.7. The molecule has 0 saturated heterocycles. The van der Waals surface area contributed by atoms with Gasteiger partial charge in [0.15, 0.2) is 0 Å². The summed E-state index contributed by atoms with van der Waals surface area (Å²) in [5, 5.41) is 0. The van der Waals surface area contributed by atoms with E-state index in [1.165, 1.54) is 51.4 Å². The Bertz CT molecular complexity index is 279. The molecule has 3 rings (SSSR count). The SMILES string of the molecule is COC1CCC(C2CCC3CC(C)CCC3C2)CC1. The Morgan fingerprint density at radius 2 is 1.16 bits per heavy atom. The Morgan fingerprint density at radius 1 is 0.632 bits per heavy atom. The molecule has 1 heteroatoms. The van der Waals surface area contributed by atoms with E-state index < -0.39 is 0 Å². The second-order valence-corrected chi connectivity index (χ2v) is 7.78. The van der Waals surface area contributed by atoms with Crippen molar-refractivity contribution in [3.05, 3.63) is 0 Å².